The Labute approximate surface area is 128 Å². The molecule has 7 heteroatoms. The zero-order valence-corrected chi connectivity index (χ0v) is 12.9. The third kappa shape index (κ3) is 2.30. The third-order valence-corrected chi connectivity index (χ3v) is 4.75. The van der Waals surface area contributed by atoms with Crippen LogP contribution in [0.15, 0.2) is 11.0 Å². The first-order chi connectivity index (χ1) is 10.4. The van der Waals surface area contributed by atoms with Crippen molar-refractivity contribution in [1.29, 1.82) is 0 Å². The topological polar surface area (TPSA) is 86.4 Å². The highest BCUT2D eigenvalue weighted by molar-refractivity contribution is 5.95. The van der Waals surface area contributed by atoms with Gasteiger partial charge in [-0.05, 0) is 26.2 Å². The van der Waals surface area contributed by atoms with E-state index in [2.05, 4.69) is 9.97 Å². The summed E-state index contributed by atoms with van der Waals surface area (Å²) in [5, 5.41) is 0. The van der Waals surface area contributed by atoms with Crippen molar-refractivity contribution >= 4 is 11.8 Å². The number of carbonyl (C=O) groups excluding carboxylic acids is 2. The van der Waals surface area contributed by atoms with Crippen LogP contribution >= 0.6 is 0 Å². The number of aryl methyl sites for hydroxylation is 1. The van der Waals surface area contributed by atoms with Gasteiger partial charge >= 0.3 is 0 Å². The van der Waals surface area contributed by atoms with Gasteiger partial charge < -0.3 is 14.8 Å². The molecule has 0 aliphatic carbocycles. The highest BCUT2D eigenvalue weighted by Gasteiger charge is 2.48. The van der Waals surface area contributed by atoms with Gasteiger partial charge in [-0.2, -0.15) is 0 Å². The average Bonchev–Trinajstić information content (AvgIpc) is 2.89. The van der Waals surface area contributed by atoms with Crippen LogP contribution in [0.3, 0.4) is 0 Å². The lowest BCUT2D eigenvalue weighted by Crippen LogP contribution is -2.48. The number of hydrogen-bond donors (Lipinski definition) is 1. The fourth-order valence-electron chi connectivity index (χ4n) is 3.50. The smallest absolute Gasteiger partial charge is 0.263 e. The Balaban J connectivity index is 1.81. The molecule has 0 bridgehead atoms. The maximum atomic E-state index is 12.5. The summed E-state index contributed by atoms with van der Waals surface area (Å²) in [7, 11) is 1.81. The van der Waals surface area contributed by atoms with Crippen molar-refractivity contribution < 1.29 is 9.59 Å². The Hall–Kier alpha value is -2.18. The Morgan fingerprint density at radius 2 is 2.09 bits per heavy atom. The Bertz CT molecular complexity index is 684. The summed E-state index contributed by atoms with van der Waals surface area (Å²) in [5.41, 5.74) is -0.849. The second-order valence-electron chi connectivity index (χ2n) is 6.30. The maximum Gasteiger partial charge on any atom is 0.263 e. The van der Waals surface area contributed by atoms with E-state index >= 15 is 0 Å². The van der Waals surface area contributed by atoms with Crippen molar-refractivity contribution in [1.82, 2.24) is 19.8 Å². The molecule has 118 valence electrons. The molecule has 7 nitrogen and oxygen atoms in total. The normalized spacial score (nSPS) is 25.1. The molecule has 1 aromatic rings. The number of hydrogen-bond acceptors (Lipinski definition) is 4. The number of nitrogens with one attached hydrogen (secondary N) is 1. The van der Waals surface area contributed by atoms with Crippen LogP contribution < -0.4 is 5.56 Å². The Morgan fingerprint density at radius 3 is 2.82 bits per heavy atom. The van der Waals surface area contributed by atoms with Crippen molar-refractivity contribution in [2.24, 2.45) is 5.41 Å². The lowest BCUT2D eigenvalue weighted by atomic mass is 9.78. The molecule has 0 radical (unpaired) electrons. The van der Waals surface area contributed by atoms with Gasteiger partial charge in [0.2, 0.25) is 5.91 Å². The second kappa shape index (κ2) is 5.23. The fraction of sp³-hybridized carbons (Fsp3) is 0.600. The van der Waals surface area contributed by atoms with Crippen LogP contribution in [-0.4, -0.2) is 58.3 Å². The predicted octanol–water partition coefficient (Wildman–Crippen LogP) is 0.163. The minimum Gasteiger partial charge on any atom is -0.345 e. The molecule has 2 aliphatic heterocycles. The molecule has 2 aliphatic rings. The van der Waals surface area contributed by atoms with E-state index in [1.54, 1.807) is 16.7 Å². The molecule has 0 saturated carbocycles. The number of nitrogens with zero attached hydrogens (tertiary/aromatic N) is 3. The van der Waals surface area contributed by atoms with Crippen molar-refractivity contribution in [3.05, 3.63) is 27.9 Å². The molecule has 3 rings (SSSR count). The third-order valence-electron chi connectivity index (χ3n) is 4.75. The van der Waals surface area contributed by atoms with Crippen LogP contribution in [0.5, 0.6) is 0 Å². The summed E-state index contributed by atoms with van der Waals surface area (Å²) in [6.45, 7) is 3.33. The van der Waals surface area contributed by atoms with Gasteiger partial charge in [0.05, 0.1) is 5.41 Å². The molecule has 1 spiro atoms. The van der Waals surface area contributed by atoms with Crippen LogP contribution in [0.2, 0.25) is 0 Å². The van der Waals surface area contributed by atoms with E-state index in [0.29, 0.717) is 25.3 Å². The summed E-state index contributed by atoms with van der Waals surface area (Å²) in [6, 6.07) is 0. The van der Waals surface area contributed by atoms with Crippen LogP contribution in [0.1, 0.15) is 35.4 Å². The molecule has 1 aromatic heterocycles. The van der Waals surface area contributed by atoms with E-state index in [0.717, 1.165) is 19.4 Å². The summed E-state index contributed by atoms with van der Waals surface area (Å²) >= 11 is 0. The zero-order valence-electron chi connectivity index (χ0n) is 12.9. The number of rotatable bonds is 1. The molecular formula is C15H20N4O3. The lowest BCUT2D eigenvalue weighted by molar-refractivity contribution is -0.143. The number of likely N-dealkylation sites (tertiary alicyclic amines) is 2. The van der Waals surface area contributed by atoms with E-state index in [1.165, 1.54) is 6.20 Å². The number of carbonyl (C=O) groups is 2. The van der Waals surface area contributed by atoms with Crippen LogP contribution in [0.4, 0.5) is 0 Å². The first-order valence-corrected chi connectivity index (χ1v) is 7.54. The van der Waals surface area contributed by atoms with Crippen molar-refractivity contribution in [2.75, 3.05) is 26.7 Å². The fourth-order valence-corrected chi connectivity index (χ4v) is 3.50. The van der Waals surface area contributed by atoms with E-state index < -0.39 is 11.0 Å². The highest BCUT2D eigenvalue weighted by atomic mass is 16.2. The average molecular weight is 304 g/mol. The monoisotopic (exact) mass is 304 g/mol. The zero-order chi connectivity index (χ0) is 15.9. The van der Waals surface area contributed by atoms with Gasteiger partial charge in [-0.15, -0.1) is 0 Å². The maximum absolute atomic E-state index is 12.5. The molecule has 1 atom stereocenters. The summed E-state index contributed by atoms with van der Waals surface area (Å²) < 4.78 is 0. The SMILES string of the molecule is Cc1ncc(C(=O)N2CCC3(CCCN(C)C3=O)C2)c(=O)[nH]1. The van der Waals surface area contributed by atoms with Crippen LogP contribution in [-0.2, 0) is 4.79 Å². The Kier molecular flexibility index (Phi) is 3.50. The predicted molar refractivity (Wildman–Crippen MR) is 79.4 cm³/mol. The van der Waals surface area contributed by atoms with E-state index in [-0.39, 0.29) is 17.4 Å². The first kappa shape index (κ1) is 14.7. The molecule has 3 heterocycles. The quantitative estimate of drug-likeness (QED) is 0.801. The Morgan fingerprint density at radius 1 is 1.32 bits per heavy atom. The molecule has 1 N–H and O–H groups in total. The number of piperidine rings is 1. The standard InChI is InChI=1S/C15H20N4O3/c1-10-16-8-11(12(20)17-10)13(21)19-7-5-15(9-19)4-3-6-18(2)14(15)22/h8H,3-7,9H2,1-2H3,(H,16,17,20). The van der Waals surface area contributed by atoms with E-state index in [4.69, 9.17) is 0 Å². The summed E-state index contributed by atoms with van der Waals surface area (Å²) in [5.74, 6) is 0.250. The second-order valence-corrected chi connectivity index (χ2v) is 6.30. The minimum atomic E-state index is -0.465. The van der Waals surface area contributed by atoms with Gasteiger partial charge in [-0.3, -0.25) is 14.4 Å². The summed E-state index contributed by atoms with van der Waals surface area (Å²) in [4.78, 5) is 46.8. The van der Waals surface area contributed by atoms with Gasteiger partial charge in [-0.25, -0.2) is 4.98 Å². The number of aromatic amines is 1. The van der Waals surface area contributed by atoms with Crippen molar-refractivity contribution in [3.8, 4) is 0 Å². The first-order valence-electron chi connectivity index (χ1n) is 7.54. The van der Waals surface area contributed by atoms with Gasteiger partial charge in [0.1, 0.15) is 11.4 Å². The van der Waals surface area contributed by atoms with Gasteiger partial charge in [0.15, 0.2) is 0 Å². The van der Waals surface area contributed by atoms with Crippen LogP contribution in [0.25, 0.3) is 0 Å². The molecule has 1 unspecified atom stereocenters. The van der Waals surface area contributed by atoms with Crippen molar-refractivity contribution in [3.63, 3.8) is 0 Å². The molecule has 0 aromatic carbocycles. The number of aromatic nitrogens is 2. The molecule has 2 saturated heterocycles. The van der Waals surface area contributed by atoms with Gasteiger partial charge in [0, 0.05) is 32.9 Å². The van der Waals surface area contributed by atoms with Crippen molar-refractivity contribution in [2.45, 2.75) is 26.2 Å². The highest BCUT2D eigenvalue weighted by Crippen LogP contribution is 2.39. The van der Waals surface area contributed by atoms with E-state index in [9.17, 15) is 14.4 Å². The van der Waals surface area contributed by atoms with E-state index in [1.807, 2.05) is 7.05 Å². The number of amides is 2. The summed E-state index contributed by atoms with van der Waals surface area (Å²) in [6.07, 6.45) is 3.74. The van der Waals surface area contributed by atoms with Gasteiger partial charge in [0.25, 0.3) is 11.5 Å². The molecule has 22 heavy (non-hydrogen) atoms. The lowest BCUT2D eigenvalue weighted by Gasteiger charge is -2.37. The molecule has 2 fully saturated rings. The number of H-pyrrole nitrogens is 1. The van der Waals surface area contributed by atoms with Gasteiger partial charge in [-0.1, -0.05) is 0 Å². The van der Waals surface area contributed by atoms with Crippen LogP contribution in [0, 0.1) is 12.3 Å². The molecular weight excluding hydrogens is 284 g/mol. The minimum absolute atomic E-state index is 0.0410. The largest absolute Gasteiger partial charge is 0.345 e. The molecule has 2 amide bonds.